The molecule has 3 aliphatic rings. The molecule has 3 heterocycles. The number of carbonyl (C=O) groups is 12. The highest BCUT2D eigenvalue weighted by Gasteiger charge is 2.44. The molecule has 14 atom stereocenters. The first-order chi connectivity index (χ1) is 41.3. The van der Waals surface area contributed by atoms with Gasteiger partial charge in [0.25, 0.3) is 11.8 Å². The zero-order chi connectivity index (χ0) is 64.7. The fourth-order valence-corrected chi connectivity index (χ4v) is 10.6. The summed E-state index contributed by atoms with van der Waals surface area (Å²) in [6, 6.07) is -4.65. The monoisotopic (exact) mass is 1220 g/mol. The van der Waals surface area contributed by atoms with Crippen molar-refractivity contribution in [1.29, 1.82) is 0 Å². The molecule has 0 bridgehead atoms. The molecule has 3 saturated heterocycles. The molecule has 12 amide bonds. The Labute approximate surface area is 507 Å². The van der Waals surface area contributed by atoms with Crippen LogP contribution in [0.15, 0.2) is 42.1 Å². The minimum Gasteiger partial charge on any atom is -0.394 e. The summed E-state index contributed by atoms with van der Waals surface area (Å²) >= 11 is 0. The normalized spacial score (nSPS) is 28.4. The van der Waals surface area contributed by atoms with Crippen LogP contribution in [0.25, 0.3) is 0 Å². The van der Waals surface area contributed by atoms with Crippen molar-refractivity contribution in [2.75, 3.05) is 32.8 Å². The van der Waals surface area contributed by atoms with Gasteiger partial charge in [-0.1, -0.05) is 110 Å². The number of carbonyl (C=O) groups excluding carboxylic acids is 12. The van der Waals surface area contributed by atoms with Crippen molar-refractivity contribution in [3.05, 3.63) is 47.7 Å². The van der Waals surface area contributed by atoms with Gasteiger partial charge in [-0.25, -0.2) is 0 Å². The number of amides is 12. The summed E-state index contributed by atoms with van der Waals surface area (Å²) in [6.07, 6.45) is -0.182. The molecular formula is C59H92N12O16. The molecule has 1 aromatic rings. The fraction of sp³-hybridized carbons (Fsp3) is 0.661. The van der Waals surface area contributed by atoms with Crippen molar-refractivity contribution in [3.63, 3.8) is 0 Å². The average molecular weight is 1230 g/mol. The van der Waals surface area contributed by atoms with Crippen molar-refractivity contribution in [2.45, 2.75) is 199 Å². The lowest BCUT2D eigenvalue weighted by Gasteiger charge is -2.33. The van der Waals surface area contributed by atoms with Gasteiger partial charge in [0.15, 0.2) is 6.10 Å². The number of rotatable bonds is 17. The molecule has 87 heavy (non-hydrogen) atoms. The second-order valence-corrected chi connectivity index (χ2v) is 23.0. The van der Waals surface area contributed by atoms with Gasteiger partial charge in [-0.3, -0.25) is 57.5 Å². The molecule has 1 aromatic carbocycles. The first kappa shape index (κ1) is 71.9. The summed E-state index contributed by atoms with van der Waals surface area (Å²) in [5.74, 6) is -12.7. The van der Waals surface area contributed by atoms with E-state index in [9.17, 15) is 78.0 Å². The Bertz CT molecular complexity index is 2610. The maximum absolute atomic E-state index is 14.6. The third-order valence-electron chi connectivity index (χ3n) is 16.2. The lowest BCUT2D eigenvalue weighted by Crippen LogP contribution is -2.61. The van der Waals surface area contributed by atoms with Crippen LogP contribution in [0.5, 0.6) is 0 Å². The Morgan fingerprint density at radius 2 is 1.30 bits per heavy atom. The largest absolute Gasteiger partial charge is 0.394 e. The second kappa shape index (κ2) is 35.3. The van der Waals surface area contributed by atoms with Crippen molar-refractivity contribution < 1.29 is 78.0 Å². The van der Waals surface area contributed by atoms with Gasteiger partial charge in [-0.05, 0) is 68.8 Å². The van der Waals surface area contributed by atoms with Crippen LogP contribution in [0.4, 0.5) is 0 Å². The smallest absolute Gasteiger partial charge is 0.268 e. The minimum absolute atomic E-state index is 0.0127. The molecule has 3 fully saturated rings. The molecule has 28 heteroatoms. The summed E-state index contributed by atoms with van der Waals surface area (Å²) in [6.45, 7) is 9.12. The van der Waals surface area contributed by atoms with Crippen LogP contribution in [0.2, 0.25) is 0 Å². The number of fused-ring (bicyclic) bond motifs is 2. The summed E-state index contributed by atoms with van der Waals surface area (Å²) in [4.78, 5) is 170. The molecule has 3 aliphatic heterocycles. The van der Waals surface area contributed by atoms with E-state index in [0.29, 0.717) is 31.2 Å². The first-order valence-electron chi connectivity index (χ1n) is 30.2. The van der Waals surface area contributed by atoms with Crippen LogP contribution < -0.4 is 53.6 Å². The van der Waals surface area contributed by atoms with E-state index >= 15 is 0 Å². The standard InChI is InChI=1S/C59H92N12O16/c1-8-12-14-20-36(74)27-39-49(77)58(86)63-38(22-23-45(60)75)50(78)61-28-46(76)71-29-32(5)25-44(71)56(84)65-40(26-35-18-15-13-16-19-35)52(80)68-47(33(6)9-2)57(85)67-41(30-72)53(81)62-37(11-4)51(79)66-42(31-73)54(82)69-48(34(7)10-3)59(87)70-24-17-21-43(70)55(83)64-39/h11,13,15-16,18-19,32-34,36,38-44,47-49,72-74,77H,8-10,12,14,17,20-31H2,1-7H3,(H2,60,75)(H,61,78)(H,62,81)(H,63,86)(H,64,83)(H,65,84)(H,66,79)(H,67,85)(H,68,80)(H,69,82)/b37-11+/t32-,33+,34+,36-,38-,39-,40+,41+,42+,43+,44+,47-,48-,49-/m1/s1. The second-order valence-electron chi connectivity index (χ2n) is 23.0. The van der Waals surface area contributed by atoms with E-state index < -0.39 is 188 Å². The zero-order valence-electron chi connectivity index (χ0n) is 50.9. The van der Waals surface area contributed by atoms with Crippen LogP contribution in [-0.2, 0) is 64.0 Å². The van der Waals surface area contributed by atoms with Crippen LogP contribution in [0, 0.1) is 17.8 Å². The number of unbranched alkanes of at least 4 members (excludes halogenated alkanes) is 2. The predicted molar refractivity (Wildman–Crippen MR) is 315 cm³/mol. The topological polar surface area (TPSA) is 427 Å². The zero-order valence-corrected chi connectivity index (χ0v) is 50.9. The lowest BCUT2D eigenvalue weighted by molar-refractivity contribution is -0.144. The average Bonchev–Trinajstić information content (AvgIpc) is 2.41. The van der Waals surface area contributed by atoms with Crippen molar-refractivity contribution in [3.8, 4) is 0 Å². The Hall–Kier alpha value is -7.56. The molecule has 4 rings (SSSR count). The van der Waals surface area contributed by atoms with E-state index in [-0.39, 0.29) is 51.1 Å². The van der Waals surface area contributed by atoms with E-state index in [1.54, 1.807) is 65.0 Å². The van der Waals surface area contributed by atoms with Gasteiger partial charge in [0.05, 0.1) is 31.9 Å². The van der Waals surface area contributed by atoms with Gasteiger partial charge in [0, 0.05) is 25.9 Å². The third kappa shape index (κ3) is 21.1. The number of aliphatic hydroxyl groups is 4. The number of allylic oxidation sites excluding steroid dienone is 1. The number of nitrogens with two attached hydrogens (primary N) is 1. The van der Waals surface area contributed by atoms with Crippen molar-refractivity contribution >= 4 is 70.9 Å². The van der Waals surface area contributed by atoms with Gasteiger partial charge in [-0.15, -0.1) is 0 Å². The van der Waals surface area contributed by atoms with Gasteiger partial charge < -0.3 is 83.8 Å². The van der Waals surface area contributed by atoms with E-state index in [4.69, 9.17) is 5.73 Å². The molecule has 0 aromatic heterocycles. The maximum Gasteiger partial charge on any atom is 0.268 e. The Morgan fingerprint density at radius 3 is 1.92 bits per heavy atom. The summed E-state index contributed by atoms with van der Waals surface area (Å²) in [7, 11) is 0. The number of primary amides is 1. The van der Waals surface area contributed by atoms with Gasteiger partial charge in [0.1, 0.15) is 54.0 Å². The van der Waals surface area contributed by atoms with Crippen LogP contribution in [0.1, 0.15) is 131 Å². The highest BCUT2D eigenvalue weighted by molar-refractivity contribution is 6.03. The van der Waals surface area contributed by atoms with E-state index in [1.807, 2.05) is 6.92 Å². The van der Waals surface area contributed by atoms with E-state index in [0.717, 1.165) is 18.9 Å². The lowest BCUT2D eigenvalue weighted by atomic mass is 9.96. The van der Waals surface area contributed by atoms with E-state index in [2.05, 4.69) is 47.9 Å². The molecule has 484 valence electrons. The maximum atomic E-state index is 14.6. The quantitative estimate of drug-likeness (QED) is 0.0547. The summed E-state index contributed by atoms with van der Waals surface area (Å²) in [5.41, 5.74) is 5.55. The predicted octanol–water partition coefficient (Wildman–Crippen LogP) is -2.97. The number of hydrogen-bond acceptors (Lipinski definition) is 16. The van der Waals surface area contributed by atoms with Gasteiger partial charge in [-0.2, -0.15) is 0 Å². The molecule has 0 aliphatic carbocycles. The number of nitrogens with zero attached hydrogens (tertiary/aromatic N) is 2. The highest BCUT2D eigenvalue weighted by atomic mass is 16.3. The van der Waals surface area contributed by atoms with Gasteiger partial charge >= 0.3 is 0 Å². The molecule has 0 unspecified atom stereocenters. The van der Waals surface area contributed by atoms with Gasteiger partial charge in [0.2, 0.25) is 59.1 Å². The molecule has 0 radical (unpaired) electrons. The Balaban J connectivity index is 1.79. The van der Waals surface area contributed by atoms with E-state index in [1.165, 1.54) is 16.7 Å². The summed E-state index contributed by atoms with van der Waals surface area (Å²) in [5, 5.41) is 66.3. The number of hydrogen-bond donors (Lipinski definition) is 14. The molecule has 0 saturated carbocycles. The molecular weight excluding hydrogens is 1130 g/mol. The third-order valence-corrected chi connectivity index (χ3v) is 16.2. The molecule has 15 N–H and O–H groups in total. The molecule has 0 spiro atoms. The number of aliphatic hydroxyl groups excluding tert-OH is 4. The SMILES string of the molecule is C/C=C1/NC(=O)[C@H](CO)NC(=O)[C@@H]([C@@H](C)CC)NC(=O)[C@H](Cc2ccccc2)NC(=O)[C@@H]2C[C@@H](C)CN2C(=O)CNC(=O)[C@@H](CCC(N)=O)NC(=O)[C@H](O)[C@@H](C[C@H](O)CCCCC)NC(=O)[C@@H]2CCCN2C(=O)[C@@H]([C@@H](C)CC)NC(=O)[C@H](CO)NC1=O. The van der Waals surface area contributed by atoms with Crippen molar-refractivity contribution in [2.24, 2.45) is 23.5 Å². The van der Waals surface area contributed by atoms with Crippen molar-refractivity contribution in [1.82, 2.24) is 57.7 Å². The first-order valence-corrected chi connectivity index (χ1v) is 30.2. The van der Waals surface area contributed by atoms with Crippen LogP contribution in [-0.4, -0.2) is 201 Å². The Morgan fingerprint density at radius 1 is 0.701 bits per heavy atom. The summed E-state index contributed by atoms with van der Waals surface area (Å²) < 4.78 is 0. The Kier molecular flexibility index (Phi) is 29.2. The highest BCUT2D eigenvalue weighted by Crippen LogP contribution is 2.25. The molecule has 28 nitrogen and oxygen atoms in total. The minimum atomic E-state index is -2.17. The number of benzene rings is 1. The van der Waals surface area contributed by atoms with Crippen LogP contribution in [0.3, 0.4) is 0 Å². The number of nitrogens with one attached hydrogen (secondary N) is 9. The fourth-order valence-electron chi connectivity index (χ4n) is 10.6. The van der Waals surface area contributed by atoms with Crippen LogP contribution >= 0.6 is 0 Å².